The van der Waals surface area contributed by atoms with Gasteiger partial charge in [0.2, 0.25) is 5.91 Å². The predicted molar refractivity (Wildman–Crippen MR) is 122 cm³/mol. The van der Waals surface area contributed by atoms with E-state index in [-0.39, 0.29) is 17.1 Å². The number of thioether (sulfide) groups is 1. The topological polar surface area (TPSA) is 68.1 Å². The van der Waals surface area contributed by atoms with E-state index in [1.54, 1.807) is 24.3 Å². The molecule has 2 aromatic carbocycles. The standard InChI is InChI=1S/C23H23ClN4O2S/c1-15-6-5-7-17(14-15)20-25-26-23(27(20)2)31-19-8-3-4-13-28(22(19)30)21(29)16-9-11-18(24)12-10-16/h5-7,9-12,14,19H,3-4,8,13H2,1-2H3/t19-/m0/s1. The Hall–Kier alpha value is -2.64. The molecule has 3 aromatic rings. The molecule has 0 unspecified atom stereocenters. The van der Waals surface area contributed by atoms with Crippen LogP contribution in [0.2, 0.25) is 5.02 Å². The van der Waals surface area contributed by atoms with Gasteiger partial charge in [-0.2, -0.15) is 0 Å². The molecule has 160 valence electrons. The Bertz CT molecular complexity index is 1110. The Morgan fingerprint density at radius 1 is 1.13 bits per heavy atom. The van der Waals surface area contributed by atoms with Gasteiger partial charge in [0.05, 0.1) is 5.25 Å². The van der Waals surface area contributed by atoms with Gasteiger partial charge in [-0.3, -0.25) is 14.5 Å². The van der Waals surface area contributed by atoms with E-state index in [4.69, 9.17) is 11.6 Å². The van der Waals surface area contributed by atoms with Crippen LogP contribution in [0, 0.1) is 6.92 Å². The summed E-state index contributed by atoms with van der Waals surface area (Å²) in [4.78, 5) is 27.6. The fraction of sp³-hybridized carbons (Fsp3) is 0.304. The molecule has 1 fully saturated rings. The number of rotatable bonds is 4. The molecule has 0 N–H and O–H groups in total. The van der Waals surface area contributed by atoms with Crippen molar-refractivity contribution in [2.75, 3.05) is 6.54 Å². The maximum Gasteiger partial charge on any atom is 0.260 e. The van der Waals surface area contributed by atoms with Crippen molar-refractivity contribution in [1.29, 1.82) is 0 Å². The lowest BCUT2D eigenvalue weighted by Crippen LogP contribution is -2.41. The van der Waals surface area contributed by atoms with E-state index in [0.717, 1.165) is 29.8 Å². The predicted octanol–water partition coefficient (Wildman–Crippen LogP) is 4.76. The molecule has 8 heteroatoms. The van der Waals surface area contributed by atoms with Gasteiger partial charge in [-0.1, -0.05) is 53.5 Å². The van der Waals surface area contributed by atoms with Crippen LogP contribution in [0.5, 0.6) is 0 Å². The van der Waals surface area contributed by atoms with Gasteiger partial charge in [-0.05, 0) is 50.1 Å². The molecule has 1 aliphatic rings. The summed E-state index contributed by atoms with van der Waals surface area (Å²) < 4.78 is 1.91. The van der Waals surface area contributed by atoms with Gasteiger partial charge in [0, 0.05) is 29.7 Å². The molecular weight excluding hydrogens is 432 g/mol. The lowest BCUT2D eigenvalue weighted by Gasteiger charge is -2.22. The van der Waals surface area contributed by atoms with E-state index in [1.807, 2.05) is 36.7 Å². The van der Waals surface area contributed by atoms with Crippen LogP contribution in [-0.2, 0) is 11.8 Å². The lowest BCUT2D eigenvalue weighted by atomic mass is 10.1. The van der Waals surface area contributed by atoms with Crippen LogP contribution < -0.4 is 0 Å². The van der Waals surface area contributed by atoms with Crippen LogP contribution in [0.15, 0.2) is 53.7 Å². The van der Waals surface area contributed by atoms with Crippen molar-refractivity contribution >= 4 is 35.2 Å². The smallest absolute Gasteiger partial charge is 0.260 e. The van der Waals surface area contributed by atoms with Gasteiger partial charge in [-0.15, -0.1) is 10.2 Å². The first-order chi connectivity index (χ1) is 14.9. The molecule has 1 aliphatic heterocycles. The van der Waals surface area contributed by atoms with Gasteiger partial charge >= 0.3 is 0 Å². The first-order valence-corrected chi connectivity index (χ1v) is 11.4. The van der Waals surface area contributed by atoms with Crippen molar-refractivity contribution in [3.8, 4) is 11.4 Å². The van der Waals surface area contributed by atoms with E-state index < -0.39 is 0 Å². The lowest BCUT2D eigenvalue weighted by molar-refractivity contribution is -0.127. The van der Waals surface area contributed by atoms with Crippen molar-refractivity contribution in [2.24, 2.45) is 7.05 Å². The molecule has 1 saturated heterocycles. The van der Waals surface area contributed by atoms with Crippen LogP contribution in [0.3, 0.4) is 0 Å². The minimum atomic E-state index is -0.382. The third kappa shape index (κ3) is 4.67. The highest BCUT2D eigenvalue weighted by Crippen LogP contribution is 2.31. The molecule has 0 saturated carbocycles. The summed E-state index contributed by atoms with van der Waals surface area (Å²) in [6.45, 7) is 2.46. The SMILES string of the molecule is Cc1cccc(-c2nnc(S[C@H]3CCCCN(C(=O)c4ccc(Cl)cc4)C3=O)n2C)c1. The van der Waals surface area contributed by atoms with Crippen LogP contribution >= 0.6 is 23.4 Å². The number of imide groups is 1. The Balaban J connectivity index is 1.55. The molecule has 31 heavy (non-hydrogen) atoms. The van der Waals surface area contributed by atoms with Crippen molar-refractivity contribution in [3.63, 3.8) is 0 Å². The number of hydrogen-bond acceptors (Lipinski definition) is 5. The molecule has 4 rings (SSSR count). The average Bonchev–Trinajstić information content (AvgIpc) is 3.02. The molecule has 0 aliphatic carbocycles. The van der Waals surface area contributed by atoms with Gasteiger partial charge in [-0.25, -0.2) is 0 Å². The molecule has 2 heterocycles. The fourth-order valence-corrected chi connectivity index (χ4v) is 4.87. The monoisotopic (exact) mass is 454 g/mol. The molecule has 0 spiro atoms. The summed E-state index contributed by atoms with van der Waals surface area (Å²) in [5, 5.41) is 9.50. The van der Waals surface area contributed by atoms with E-state index in [9.17, 15) is 9.59 Å². The van der Waals surface area contributed by atoms with Crippen LogP contribution in [0.25, 0.3) is 11.4 Å². The van der Waals surface area contributed by atoms with Gasteiger partial charge in [0.25, 0.3) is 5.91 Å². The first-order valence-electron chi connectivity index (χ1n) is 10.2. The second-order valence-electron chi connectivity index (χ2n) is 7.64. The summed E-state index contributed by atoms with van der Waals surface area (Å²) in [6, 6.07) is 14.7. The molecule has 0 radical (unpaired) electrons. The number of aryl methyl sites for hydroxylation is 1. The third-order valence-electron chi connectivity index (χ3n) is 5.33. The highest BCUT2D eigenvalue weighted by Gasteiger charge is 2.33. The highest BCUT2D eigenvalue weighted by atomic mass is 35.5. The summed E-state index contributed by atoms with van der Waals surface area (Å²) in [5.74, 6) is 0.288. The summed E-state index contributed by atoms with van der Waals surface area (Å²) in [7, 11) is 1.90. The number of carbonyl (C=O) groups excluding carboxylic acids is 2. The molecule has 0 bridgehead atoms. The van der Waals surface area contributed by atoms with Crippen LogP contribution in [-0.4, -0.2) is 43.3 Å². The maximum atomic E-state index is 13.3. The van der Waals surface area contributed by atoms with Crippen molar-refractivity contribution < 1.29 is 9.59 Å². The fourth-order valence-electron chi connectivity index (χ4n) is 3.65. The number of amides is 2. The third-order valence-corrected chi connectivity index (χ3v) is 6.87. The summed E-state index contributed by atoms with van der Waals surface area (Å²) in [5.41, 5.74) is 2.59. The molecule has 1 atom stereocenters. The number of nitrogens with zero attached hydrogens (tertiary/aromatic N) is 4. The second-order valence-corrected chi connectivity index (χ2v) is 9.25. The Labute approximate surface area is 190 Å². The average molecular weight is 455 g/mol. The molecule has 1 aromatic heterocycles. The van der Waals surface area contributed by atoms with Crippen LogP contribution in [0.4, 0.5) is 0 Å². The van der Waals surface area contributed by atoms with E-state index in [2.05, 4.69) is 16.3 Å². The molecule has 2 amide bonds. The van der Waals surface area contributed by atoms with Gasteiger partial charge in [0.15, 0.2) is 11.0 Å². The second kappa shape index (κ2) is 9.24. The molecular formula is C23H23ClN4O2S. The zero-order valence-corrected chi connectivity index (χ0v) is 19.0. The minimum absolute atomic E-state index is 0.178. The zero-order valence-electron chi connectivity index (χ0n) is 17.4. The van der Waals surface area contributed by atoms with E-state index in [0.29, 0.717) is 28.7 Å². The normalized spacial score (nSPS) is 16.9. The number of hydrogen-bond donors (Lipinski definition) is 0. The maximum absolute atomic E-state index is 13.3. The number of aromatic nitrogens is 3. The number of benzene rings is 2. The van der Waals surface area contributed by atoms with Gasteiger partial charge in [0.1, 0.15) is 0 Å². The van der Waals surface area contributed by atoms with Crippen molar-refractivity contribution in [2.45, 2.75) is 36.6 Å². The summed E-state index contributed by atoms with van der Waals surface area (Å²) in [6.07, 6.45) is 2.35. The number of halogens is 1. The largest absolute Gasteiger partial charge is 0.305 e. The van der Waals surface area contributed by atoms with Crippen LogP contribution in [0.1, 0.15) is 35.2 Å². The van der Waals surface area contributed by atoms with Gasteiger partial charge < -0.3 is 4.57 Å². The zero-order chi connectivity index (χ0) is 22.0. The number of likely N-dealkylation sites (tertiary alicyclic amines) is 1. The minimum Gasteiger partial charge on any atom is -0.305 e. The van der Waals surface area contributed by atoms with E-state index >= 15 is 0 Å². The summed E-state index contributed by atoms with van der Waals surface area (Å²) >= 11 is 7.31. The Morgan fingerprint density at radius 2 is 1.90 bits per heavy atom. The number of carbonyl (C=O) groups is 2. The quantitative estimate of drug-likeness (QED) is 0.532. The van der Waals surface area contributed by atoms with E-state index in [1.165, 1.54) is 16.7 Å². The first kappa shape index (κ1) is 21.6. The van der Waals surface area contributed by atoms with Crippen molar-refractivity contribution in [1.82, 2.24) is 19.7 Å². The Morgan fingerprint density at radius 3 is 2.65 bits per heavy atom. The highest BCUT2D eigenvalue weighted by molar-refractivity contribution is 8.00. The van der Waals surface area contributed by atoms with Crippen molar-refractivity contribution in [3.05, 3.63) is 64.7 Å². The molecule has 6 nitrogen and oxygen atoms in total. The Kier molecular flexibility index (Phi) is 6.43.